The zero-order chi connectivity index (χ0) is 13.5. The number of hydrogen-bond acceptors (Lipinski definition) is 3. The molecular formula is C13H22ClN3O. The van der Waals surface area contributed by atoms with E-state index >= 15 is 0 Å². The quantitative estimate of drug-likeness (QED) is 0.828. The summed E-state index contributed by atoms with van der Waals surface area (Å²) in [6, 6.07) is 0.292. The Labute approximate surface area is 113 Å². The molecule has 0 bridgehead atoms. The van der Waals surface area contributed by atoms with Gasteiger partial charge < -0.3 is 5.32 Å². The molecule has 0 aliphatic heterocycles. The van der Waals surface area contributed by atoms with Gasteiger partial charge in [0.25, 0.3) is 5.56 Å². The summed E-state index contributed by atoms with van der Waals surface area (Å²) < 4.78 is 1.43. The van der Waals surface area contributed by atoms with Crippen LogP contribution in [0, 0.1) is 0 Å². The zero-order valence-corrected chi connectivity index (χ0v) is 12.1. The lowest BCUT2D eigenvalue weighted by atomic mass is 10.2. The normalized spacial score (nSPS) is 12.4. The highest BCUT2D eigenvalue weighted by molar-refractivity contribution is 6.32. The van der Waals surface area contributed by atoms with E-state index in [1.807, 2.05) is 0 Å². The molecule has 0 saturated carbocycles. The third-order valence-corrected chi connectivity index (χ3v) is 3.20. The molecule has 4 nitrogen and oxygen atoms in total. The SMILES string of the molecule is CCCCn1ncc(NC(C)CCC)c(Cl)c1=O. The molecule has 1 atom stereocenters. The fraction of sp³-hybridized carbons (Fsp3) is 0.692. The first kappa shape index (κ1) is 15.0. The van der Waals surface area contributed by atoms with E-state index in [4.69, 9.17) is 11.6 Å². The first-order valence-electron chi connectivity index (χ1n) is 6.62. The monoisotopic (exact) mass is 271 g/mol. The van der Waals surface area contributed by atoms with Crippen LogP contribution in [0.1, 0.15) is 46.5 Å². The van der Waals surface area contributed by atoms with Gasteiger partial charge in [-0.2, -0.15) is 5.10 Å². The lowest BCUT2D eigenvalue weighted by molar-refractivity contribution is 0.543. The molecule has 1 unspecified atom stereocenters. The summed E-state index contributed by atoms with van der Waals surface area (Å²) in [7, 11) is 0. The predicted octanol–water partition coefficient (Wildman–Crippen LogP) is 3.30. The molecule has 0 amide bonds. The van der Waals surface area contributed by atoms with Crippen molar-refractivity contribution in [3.05, 3.63) is 21.6 Å². The van der Waals surface area contributed by atoms with Crippen LogP contribution in [-0.2, 0) is 6.54 Å². The molecule has 0 spiro atoms. The molecule has 1 aromatic heterocycles. The molecule has 0 aromatic carbocycles. The minimum absolute atomic E-state index is 0.209. The van der Waals surface area contributed by atoms with Crippen LogP contribution in [0.5, 0.6) is 0 Å². The van der Waals surface area contributed by atoms with E-state index in [2.05, 4.69) is 31.2 Å². The van der Waals surface area contributed by atoms with Crippen molar-refractivity contribution in [2.75, 3.05) is 5.32 Å². The largest absolute Gasteiger partial charge is 0.380 e. The average molecular weight is 272 g/mol. The Morgan fingerprint density at radius 3 is 2.78 bits per heavy atom. The van der Waals surface area contributed by atoms with Crippen LogP contribution in [0.3, 0.4) is 0 Å². The van der Waals surface area contributed by atoms with E-state index < -0.39 is 0 Å². The Balaban J connectivity index is 2.83. The second kappa shape index (κ2) is 7.41. The number of halogens is 1. The number of anilines is 1. The van der Waals surface area contributed by atoms with Crippen LogP contribution in [0.2, 0.25) is 5.02 Å². The van der Waals surface area contributed by atoms with Gasteiger partial charge in [-0.15, -0.1) is 0 Å². The molecular weight excluding hydrogens is 250 g/mol. The van der Waals surface area contributed by atoms with Crippen LogP contribution in [0.4, 0.5) is 5.69 Å². The second-order valence-corrected chi connectivity index (χ2v) is 4.97. The van der Waals surface area contributed by atoms with Gasteiger partial charge in [-0.3, -0.25) is 4.79 Å². The van der Waals surface area contributed by atoms with Crippen molar-refractivity contribution in [3.63, 3.8) is 0 Å². The zero-order valence-electron chi connectivity index (χ0n) is 11.4. The number of aromatic nitrogens is 2. The minimum Gasteiger partial charge on any atom is -0.380 e. The van der Waals surface area contributed by atoms with Crippen LogP contribution in [0.15, 0.2) is 11.0 Å². The highest BCUT2D eigenvalue weighted by Crippen LogP contribution is 2.17. The summed E-state index contributed by atoms with van der Waals surface area (Å²) in [5.74, 6) is 0. The van der Waals surface area contributed by atoms with Crippen LogP contribution in [-0.4, -0.2) is 15.8 Å². The Kier molecular flexibility index (Phi) is 6.19. The van der Waals surface area contributed by atoms with Crippen molar-refractivity contribution in [1.82, 2.24) is 9.78 Å². The number of hydrogen-bond donors (Lipinski definition) is 1. The molecule has 0 aliphatic carbocycles. The van der Waals surface area contributed by atoms with Gasteiger partial charge in [0.1, 0.15) is 5.02 Å². The van der Waals surface area contributed by atoms with E-state index in [0.717, 1.165) is 25.7 Å². The summed E-state index contributed by atoms with van der Waals surface area (Å²) in [5.41, 5.74) is 0.425. The molecule has 1 rings (SSSR count). The van der Waals surface area contributed by atoms with Gasteiger partial charge in [0, 0.05) is 12.6 Å². The maximum Gasteiger partial charge on any atom is 0.287 e. The second-order valence-electron chi connectivity index (χ2n) is 4.59. The van der Waals surface area contributed by atoms with Gasteiger partial charge in [0.2, 0.25) is 0 Å². The maximum atomic E-state index is 12.0. The number of nitrogens with zero attached hydrogens (tertiary/aromatic N) is 2. The van der Waals surface area contributed by atoms with Crippen LogP contribution >= 0.6 is 11.6 Å². The van der Waals surface area contributed by atoms with Crippen LogP contribution < -0.4 is 10.9 Å². The third-order valence-electron chi connectivity index (χ3n) is 2.83. The summed E-state index contributed by atoms with van der Waals surface area (Å²) in [6.07, 6.45) is 5.73. The van der Waals surface area contributed by atoms with Crippen molar-refractivity contribution in [1.29, 1.82) is 0 Å². The molecule has 0 aliphatic rings. The molecule has 1 aromatic rings. The number of unbranched alkanes of at least 4 members (excludes halogenated alkanes) is 1. The smallest absolute Gasteiger partial charge is 0.287 e. The molecule has 0 saturated heterocycles. The van der Waals surface area contributed by atoms with Crippen molar-refractivity contribution >= 4 is 17.3 Å². The summed E-state index contributed by atoms with van der Waals surface area (Å²) in [6.45, 7) is 6.90. The van der Waals surface area contributed by atoms with Gasteiger partial charge in [0.05, 0.1) is 11.9 Å². The van der Waals surface area contributed by atoms with Gasteiger partial charge in [0.15, 0.2) is 0 Å². The van der Waals surface area contributed by atoms with Crippen molar-refractivity contribution in [2.24, 2.45) is 0 Å². The predicted molar refractivity (Wildman–Crippen MR) is 76.4 cm³/mol. The van der Waals surface area contributed by atoms with Crippen molar-refractivity contribution in [2.45, 2.75) is 59.0 Å². The fourth-order valence-electron chi connectivity index (χ4n) is 1.80. The highest BCUT2D eigenvalue weighted by Gasteiger charge is 2.10. The molecule has 1 heterocycles. The Hall–Kier alpha value is -1.03. The van der Waals surface area contributed by atoms with Gasteiger partial charge in [-0.05, 0) is 19.8 Å². The standard InChI is InChI=1S/C13H22ClN3O/c1-4-6-8-17-13(18)12(14)11(9-15-17)16-10(3)7-5-2/h9-10,16H,4-8H2,1-3H3. The first-order chi connectivity index (χ1) is 8.60. The average Bonchev–Trinajstić information content (AvgIpc) is 2.34. The molecule has 5 heteroatoms. The summed E-state index contributed by atoms with van der Waals surface area (Å²) >= 11 is 6.09. The van der Waals surface area contributed by atoms with E-state index in [1.165, 1.54) is 4.68 Å². The number of nitrogens with one attached hydrogen (secondary N) is 1. The molecule has 0 fully saturated rings. The Morgan fingerprint density at radius 2 is 2.17 bits per heavy atom. The molecule has 102 valence electrons. The first-order valence-corrected chi connectivity index (χ1v) is 7.00. The summed E-state index contributed by atoms with van der Waals surface area (Å²) in [5, 5.41) is 7.61. The van der Waals surface area contributed by atoms with Crippen molar-refractivity contribution < 1.29 is 0 Å². The van der Waals surface area contributed by atoms with Gasteiger partial charge in [-0.25, -0.2) is 4.68 Å². The van der Waals surface area contributed by atoms with E-state index in [-0.39, 0.29) is 10.6 Å². The lowest BCUT2D eigenvalue weighted by Crippen LogP contribution is -2.26. The van der Waals surface area contributed by atoms with E-state index in [0.29, 0.717) is 18.3 Å². The van der Waals surface area contributed by atoms with Crippen molar-refractivity contribution in [3.8, 4) is 0 Å². The molecule has 1 N–H and O–H groups in total. The fourth-order valence-corrected chi connectivity index (χ4v) is 2.00. The third kappa shape index (κ3) is 4.02. The minimum atomic E-state index is -0.209. The van der Waals surface area contributed by atoms with E-state index in [9.17, 15) is 4.79 Å². The summed E-state index contributed by atoms with van der Waals surface area (Å²) in [4.78, 5) is 12.0. The van der Waals surface area contributed by atoms with Crippen LogP contribution in [0.25, 0.3) is 0 Å². The molecule has 0 radical (unpaired) electrons. The Morgan fingerprint density at radius 1 is 1.44 bits per heavy atom. The number of aryl methyl sites for hydroxylation is 1. The molecule has 18 heavy (non-hydrogen) atoms. The highest BCUT2D eigenvalue weighted by atomic mass is 35.5. The van der Waals surface area contributed by atoms with Gasteiger partial charge >= 0.3 is 0 Å². The number of rotatable bonds is 7. The topological polar surface area (TPSA) is 46.9 Å². The maximum absolute atomic E-state index is 12.0. The lowest BCUT2D eigenvalue weighted by Gasteiger charge is -2.15. The Bertz CT molecular complexity index is 431. The van der Waals surface area contributed by atoms with Gasteiger partial charge in [-0.1, -0.05) is 38.3 Å². The van der Waals surface area contributed by atoms with E-state index in [1.54, 1.807) is 6.20 Å².